The molecule has 0 unspecified atom stereocenters. The summed E-state index contributed by atoms with van der Waals surface area (Å²) in [6.45, 7) is 3.53. The summed E-state index contributed by atoms with van der Waals surface area (Å²) in [5.41, 5.74) is 0.868. The predicted molar refractivity (Wildman–Crippen MR) is 97.1 cm³/mol. The van der Waals surface area contributed by atoms with Gasteiger partial charge in [-0.3, -0.25) is 4.79 Å². The Balaban J connectivity index is 1.88. The Morgan fingerprint density at radius 3 is 2.54 bits per heavy atom. The fourth-order valence-electron chi connectivity index (χ4n) is 2.21. The molecule has 6 heteroatoms. The number of carbonyl (C=O) groups is 1. The fraction of sp³-hybridized carbons (Fsp3) is 0.300. The van der Waals surface area contributed by atoms with Crippen molar-refractivity contribution in [2.75, 3.05) is 19.8 Å². The van der Waals surface area contributed by atoms with Crippen molar-refractivity contribution in [2.24, 2.45) is 0 Å². The van der Waals surface area contributed by atoms with Gasteiger partial charge in [0, 0.05) is 6.54 Å². The van der Waals surface area contributed by atoms with Crippen LogP contribution >= 0.6 is 0 Å². The van der Waals surface area contributed by atoms with Gasteiger partial charge in [-0.2, -0.15) is 5.26 Å². The van der Waals surface area contributed by atoms with Gasteiger partial charge in [-0.15, -0.1) is 0 Å². The third-order valence-corrected chi connectivity index (χ3v) is 3.39. The van der Waals surface area contributed by atoms with Crippen molar-refractivity contribution in [2.45, 2.75) is 19.9 Å². The molecule has 0 bridgehead atoms. The lowest BCUT2D eigenvalue weighted by molar-refractivity contribution is -0.120. The predicted octanol–water partition coefficient (Wildman–Crippen LogP) is 3.07. The molecule has 2 rings (SSSR count). The van der Waals surface area contributed by atoms with Gasteiger partial charge >= 0.3 is 0 Å². The van der Waals surface area contributed by atoms with Gasteiger partial charge in [-0.1, -0.05) is 24.3 Å². The van der Waals surface area contributed by atoms with Crippen molar-refractivity contribution in [3.63, 3.8) is 0 Å². The molecular weight excluding hydrogens is 332 g/mol. The molecule has 0 radical (unpaired) electrons. The third-order valence-electron chi connectivity index (χ3n) is 3.39. The summed E-state index contributed by atoms with van der Waals surface area (Å²) in [7, 11) is 0. The molecule has 2 aromatic carbocycles. The molecule has 0 atom stereocenters. The Hall–Kier alpha value is -3.20. The van der Waals surface area contributed by atoms with Gasteiger partial charge in [0.2, 0.25) is 5.91 Å². The highest BCUT2D eigenvalue weighted by molar-refractivity contribution is 5.77. The van der Waals surface area contributed by atoms with Crippen LogP contribution in [0.2, 0.25) is 0 Å². The summed E-state index contributed by atoms with van der Waals surface area (Å²) in [5.74, 6) is 1.73. The molecule has 0 saturated carbocycles. The van der Waals surface area contributed by atoms with E-state index in [1.807, 2.05) is 55.5 Å². The average Bonchev–Trinajstić information content (AvgIpc) is 2.66. The number of hydrogen-bond donors (Lipinski definition) is 1. The minimum absolute atomic E-state index is 0.152. The lowest BCUT2D eigenvalue weighted by Crippen LogP contribution is -2.21. The second-order valence-corrected chi connectivity index (χ2v) is 5.34. The van der Waals surface area contributed by atoms with E-state index < -0.39 is 0 Å². The standard InChI is InChI=1S/C20H22N2O4/c1-2-24-19-14-16(15-22-20(23)10-11-21)8-9-18(19)26-13-12-25-17-6-4-3-5-7-17/h3-9,14H,2,10,12-13,15H2,1H3,(H,22,23). The largest absolute Gasteiger partial charge is 0.490 e. The monoisotopic (exact) mass is 354 g/mol. The van der Waals surface area contributed by atoms with Crippen molar-refractivity contribution in [1.29, 1.82) is 5.26 Å². The smallest absolute Gasteiger partial charge is 0.234 e. The van der Waals surface area contributed by atoms with Crippen molar-refractivity contribution in [3.05, 3.63) is 54.1 Å². The van der Waals surface area contributed by atoms with Crippen LogP contribution in [-0.2, 0) is 11.3 Å². The second kappa shape index (κ2) is 10.6. The van der Waals surface area contributed by atoms with Crippen LogP contribution in [0.4, 0.5) is 0 Å². The Labute approximate surface area is 153 Å². The lowest BCUT2D eigenvalue weighted by Gasteiger charge is -2.14. The van der Waals surface area contributed by atoms with Gasteiger partial charge in [0.25, 0.3) is 0 Å². The van der Waals surface area contributed by atoms with Crippen LogP contribution in [0.15, 0.2) is 48.5 Å². The first-order chi connectivity index (χ1) is 12.7. The summed E-state index contributed by atoms with van der Waals surface area (Å²) < 4.78 is 17.0. The van der Waals surface area contributed by atoms with E-state index in [9.17, 15) is 4.79 Å². The molecule has 0 aromatic heterocycles. The highest BCUT2D eigenvalue weighted by Crippen LogP contribution is 2.28. The zero-order chi connectivity index (χ0) is 18.6. The van der Waals surface area contributed by atoms with Crippen LogP contribution < -0.4 is 19.5 Å². The normalized spacial score (nSPS) is 9.85. The summed E-state index contributed by atoms with van der Waals surface area (Å²) >= 11 is 0. The Kier molecular flexibility index (Phi) is 7.81. The van der Waals surface area contributed by atoms with E-state index in [4.69, 9.17) is 19.5 Å². The molecule has 1 amide bonds. The fourth-order valence-corrected chi connectivity index (χ4v) is 2.21. The molecule has 6 nitrogen and oxygen atoms in total. The number of nitrogens with one attached hydrogen (secondary N) is 1. The van der Waals surface area contributed by atoms with Gasteiger partial charge in [-0.25, -0.2) is 0 Å². The molecule has 26 heavy (non-hydrogen) atoms. The zero-order valence-corrected chi connectivity index (χ0v) is 14.7. The number of carbonyl (C=O) groups excluding carboxylic acids is 1. The first kappa shape index (κ1) is 19.1. The highest BCUT2D eigenvalue weighted by atomic mass is 16.5. The maximum Gasteiger partial charge on any atom is 0.234 e. The summed E-state index contributed by atoms with van der Waals surface area (Å²) in [5, 5.41) is 11.2. The maximum atomic E-state index is 11.4. The average molecular weight is 354 g/mol. The van der Waals surface area contributed by atoms with Crippen molar-refractivity contribution in [3.8, 4) is 23.3 Å². The van der Waals surface area contributed by atoms with E-state index >= 15 is 0 Å². The van der Waals surface area contributed by atoms with E-state index in [0.29, 0.717) is 37.9 Å². The lowest BCUT2D eigenvalue weighted by atomic mass is 10.2. The molecule has 0 spiro atoms. The molecule has 136 valence electrons. The number of rotatable bonds is 10. The Bertz CT molecular complexity index is 741. The van der Waals surface area contributed by atoms with E-state index in [0.717, 1.165) is 11.3 Å². The molecule has 0 heterocycles. The van der Waals surface area contributed by atoms with Crippen LogP contribution in [0.1, 0.15) is 18.9 Å². The first-order valence-electron chi connectivity index (χ1n) is 8.43. The minimum Gasteiger partial charge on any atom is -0.490 e. The molecular formula is C20H22N2O4. The number of amides is 1. The first-order valence-corrected chi connectivity index (χ1v) is 8.43. The molecule has 0 saturated heterocycles. The van der Waals surface area contributed by atoms with E-state index in [2.05, 4.69) is 5.32 Å². The van der Waals surface area contributed by atoms with Crippen molar-refractivity contribution >= 4 is 5.91 Å². The van der Waals surface area contributed by atoms with Gasteiger partial charge < -0.3 is 19.5 Å². The molecule has 1 N–H and O–H groups in total. The Morgan fingerprint density at radius 1 is 1.04 bits per heavy atom. The SMILES string of the molecule is CCOc1cc(CNC(=O)CC#N)ccc1OCCOc1ccccc1. The van der Waals surface area contributed by atoms with Crippen LogP contribution in [0.5, 0.6) is 17.2 Å². The molecule has 0 aliphatic rings. The number of nitriles is 1. The van der Waals surface area contributed by atoms with Crippen molar-refractivity contribution in [1.82, 2.24) is 5.32 Å². The number of ether oxygens (including phenoxy) is 3. The molecule has 2 aromatic rings. The second-order valence-electron chi connectivity index (χ2n) is 5.34. The van der Waals surface area contributed by atoms with Crippen LogP contribution in [0.25, 0.3) is 0 Å². The summed E-state index contributed by atoms with van der Waals surface area (Å²) in [4.78, 5) is 11.4. The molecule has 0 aliphatic carbocycles. The molecule has 0 fully saturated rings. The van der Waals surface area contributed by atoms with Gasteiger partial charge in [0.15, 0.2) is 11.5 Å². The molecule has 0 aliphatic heterocycles. The van der Waals surface area contributed by atoms with Crippen LogP contribution in [0.3, 0.4) is 0 Å². The van der Waals surface area contributed by atoms with E-state index in [-0.39, 0.29) is 12.3 Å². The minimum atomic E-state index is -0.302. The van der Waals surface area contributed by atoms with Crippen LogP contribution in [0, 0.1) is 11.3 Å². The van der Waals surface area contributed by atoms with Crippen molar-refractivity contribution < 1.29 is 19.0 Å². The summed E-state index contributed by atoms with van der Waals surface area (Å²) in [6.07, 6.45) is -0.152. The quantitative estimate of drug-likeness (QED) is 0.663. The van der Waals surface area contributed by atoms with Gasteiger partial charge in [0.05, 0.1) is 12.7 Å². The van der Waals surface area contributed by atoms with Gasteiger partial charge in [-0.05, 0) is 36.8 Å². The van der Waals surface area contributed by atoms with Gasteiger partial charge in [0.1, 0.15) is 25.4 Å². The van der Waals surface area contributed by atoms with E-state index in [1.54, 1.807) is 6.07 Å². The zero-order valence-electron chi connectivity index (χ0n) is 14.7. The number of para-hydroxylation sites is 1. The summed E-state index contributed by atoms with van der Waals surface area (Å²) in [6, 6.07) is 16.8. The Morgan fingerprint density at radius 2 is 1.81 bits per heavy atom. The number of nitrogens with zero attached hydrogens (tertiary/aromatic N) is 1. The topological polar surface area (TPSA) is 80.6 Å². The van der Waals surface area contributed by atoms with E-state index in [1.165, 1.54) is 0 Å². The number of hydrogen-bond acceptors (Lipinski definition) is 5. The highest BCUT2D eigenvalue weighted by Gasteiger charge is 2.08. The number of benzene rings is 2. The third kappa shape index (κ3) is 6.36. The van der Waals surface area contributed by atoms with Crippen LogP contribution in [-0.4, -0.2) is 25.7 Å². The maximum absolute atomic E-state index is 11.4.